The summed E-state index contributed by atoms with van der Waals surface area (Å²) in [4.78, 5) is 16.9. The van der Waals surface area contributed by atoms with Crippen molar-refractivity contribution in [3.05, 3.63) is 36.0 Å². The summed E-state index contributed by atoms with van der Waals surface area (Å²) in [5, 5.41) is 3.42. The van der Waals surface area contributed by atoms with Crippen LogP contribution in [0.15, 0.2) is 30.5 Å². The first-order chi connectivity index (χ1) is 14.2. The van der Waals surface area contributed by atoms with Gasteiger partial charge in [-0.2, -0.15) is 4.98 Å². The Hall–Kier alpha value is -2.34. The number of anilines is 4. The van der Waals surface area contributed by atoms with Gasteiger partial charge in [-0.3, -0.25) is 0 Å². The third kappa shape index (κ3) is 3.78. The lowest BCUT2D eigenvalue weighted by Crippen LogP contribution is -2.44. The van der Waals surface area contributed by atoms with E-state index >= 15 is 0 Å². The maximum Gasteiger partial charge on any atom is 0.229 e. The fourth-order valence-electron chi connectivity index (χ4n) is 4.99. The molecule has 0 amide bonds. The van der Waals surface area contributed by atoms with Crippen LogP contribution in [0, 0.1) is 0 Å². The van der Waals surface area contributed by atoms with Crippen molar-refractivity contribution in [2.24, 2.45) is 0 Å². The van der Waals surface area contributed by atoms with Crippen LogP contribution in [0.25, 0.3) is 0 Å². The molecule has 2 fully saturated rings. The number of hydrogen-bond acceptors (Lipinski definition) is 6. The minimum absolute atomic E-state index is 0.516. The topological polar surface area (TPSA) is 47.5 Å². The molecule has 1 saturated heterocycles. The van der Waals surface area contributed by atoms with Gasteiger partial charge in [0, 0.05) is 67.8 Å². The van der Waals surface area contributed by atoms with Gasteiger partial charge >= 0.3 is 0 Å². The van der Waals surface area contributed by atoms with Crippen molar-refractivity contribution >= 4 is 23.1 Å². The zero-order valence-electron chi connectivity index (χ0n) is 17.6. The van der Waals surface area contributed by atoms with E-state index in [0.717, 1.165) is 44.2 Å². The summed E-state index contributed by atoms with van der Waals surface area (Å²) >= 11 is 0. The van der Waals surface area contributed by atoms with Crippen molar-refractivity contribution < 1.29 is 0 Å². The molecule has 1 atom stereocenters. The molecule has 2 aromatic rings. The van der Waals surface area contributed by atoms with Crippen LogP contribution in [0.3, 0.4) is 0 Å². The van der Waals surface area contributed by atoms with Crippen molar-refractivity contribution in [3.63, 3.8) is 0 Å². The third-order valence-corrected chi connectivity index (χ3v) is 6.83. The van der Waals surface area contributed by atoms with Crippen molar-refractivity contribution in [1.29, 1.82) is 0 Å². The van der Waals surface area contributed by atoms with E-state index in [1.165, 1.54) is 36.9 Å². The Kier molecular flexibility index (Phi) is 5.04. The monoisotopic (exact) mass is 392 g/mol. The number of fused-ring (bicyclic) bond motifs is 1. The van der Waals surface area contributed by atoms with Crippen LogP contribution < -0.4 is 15.1 Å². The molecule has 0 spiro atoms. The average molecular weight is 393 g/mol. The first-order valence-electron chi connectivity index (χ1n) is 11.1. The molecule has 0 bridgehead atoms. The van der Waals surface area contributed by atoms with Crippen LogP contribution in [-0.2, 0) is 0 Å². The zero-order chi connectivity index (χ0) is 19.8. The quantitative estimate of drug-likeness (QED) is 0.853. The van der Waals surface area contributed by atoms with E-state index < -0.39 is 0 Å². The highest BCUT2D eigenvalue weighted by molar-refractivity contribution is 5.62. The number of aromatic nitrogens is 2. The fourth-order valence-corrected chi connectivity index (χ4v) is 4.99. The van der Waals surface area contributed by atoms with E-state index in [1.807, 2.05) is 6.20 Å². The number of nitrogens with one attached hydrogen (secondary N) is 1. The molecule has 2 aliphatic heterocycles. The van der Waals surface area contributed by atoms with Gasteiger partial charge in [0.25, 0.3) is 0 Å². The van der Waals surface area contributed by atoms with E-state index in [-0.39, 0.29) is 0 Å². The van der Waals surface area contributed by atoms with E-state index in [0.29, 0.717) is 17.9 Å². The number of benzene rings is 1. The molecule has 1 saturated carbocycles. The lowest BCUT2D eigenvalue weighted by molar-refractivity contribution is 0.313. The van der Waals surface area contributed by atoms with Gasteiger partial charge in [-0.05, 0) is 44.2 Å². The molecule has 154 valence electrons. The molecule has 1 unspecified atom stereocenters. The summed E-state index contributed by atoms with van der Waals surface area (Å²) in [5.41, 5.74) is 3.63. The van der Waals surface area contributed by atoms with Gasteiger partial charge in [-0.25, -0.2) is 4.98 Å². The lowest BCUT2D eigenvalue weighted by atomic mass is 10.1. The van der Waals surface area contributed by atoms with Crippen molar-refractivity contribution in [3.8, 4) is 0 Å². The first-order valence-corrected chi connectivity index (χ1v) is 11.1. The summed E-state index contributed by atoms with van der Waals surface area (Å²) in [6, 6.07) is 9.34. The molecule has 3 heterocycles. The van der Waals surface area contributed by atoms with Crippen molar-refractivity contribution in [1.82, 2.24) is 14.9 Å². The SMILES string of the molecule is CC1CN(C2CCCC2)c2nc(Nc3ccc(N4CCN(C)CC4)cc3)ncc21. The van der Waals surface area contributed by atoms with E-state index in [2.05, 4.69) is 63.2 Å². The number of likely N-dealkylation sites (N-methyl/N-ethyl adjacent to an activating group) is 1. The zero-order valence-corrected chi connectivity index (χ0v) is 17.6. The van der Waals surface area contributed by atoms with Crippen LogP contribution in [0.5, 0.6) is 0 Å². The van der Waals surface area contributed by atoms with Crippen LogP contribution in [0.2, 0.25) is 0 Å². The van der Waals surface area contributed by atoms with E-state index in [4.69, 9.17) is 4.98 Å². The number of rotatable bonds is 4. The number of piperazine rings is 1. The first kappa shape index (κ1) is 18.7. The Balaban J connectivity index is 1.30. The Morgan fingerprint density at radius 3 is 2.45 bits per heavy atom. The predicted octanol–water partition coefficient (Wildman–Crippen LogP) is 3.84. The molecule has 3 aliphatic rings. The van der Waals surface area contributed by atoms with Gasteiger partial charge in [-0.1, -0.05) is 19.8 Å². The molecule has 0 radical (unpaired) electrons. The molecule has 1 aromatic carbocycles. The maximum atomic E-state index is 4.93. The standard InChI is InChI=1S/C23H32N6/c1-17-16-29(20-5-3-4-6-20)22-21(17)15-24-23(26-22)25-18-7-9-19(10-8-18)28-13-11-27(2)12-14-28/h7-10,15,17,20H,3-6,11-14,16H2,1-2H3,(H,24,25,26). The van der Waals surface area contributed by atoms with Gasteiger partial charge in [0.15, 0.2) is 0 Å². The Labute approximate surface area is 173 Å². The van der Waals surface area contributed by atoms with Crippen LogP contribution in [0.4, 0.5) is 23.1 Å². The Morgan fingerprint density at radius 1 is 1.00 bits per heavy atom. The molecule has 1 aliphatic carbocycles. The summed E-state index contributed by atoms with van der Waals surface area (Å²) in [5.74, 6) is 2.37. The third-order valence-electron chi connectivity index (χ3n) is 6.83. The molecule has 1 N–H and O–H groups in total. The molecule has 1 aromatic heterocycles. The fraction of sp³-hybridized carbons (Fsp3) is 0.565. The highest BCUT2D eigenvalue weighted by atomic mass is 15.3. The molecule has 5 rings (SSSR count). The van der Waals surface area contributed by atoms with Crippen molar-refractivity contribution in [2.75, 3.05) is 54.9 Å². The van der Waals surface area contributed by atoms with Crippen LogP contribution >= 0.6 is 0 Å². The van der Waals surface area contributed by atoms with E-state index in [1.54, 1.807) is 0 Å². The summed E-state index contributed by atoms with van der Waals surface area (Å²) in [6.45, 7) is 7.80. The van der Waals surface area contributed by atoms with Gasteiger partial charge in [0.05, 0.1) is 0 Å². The second kappa shape index (κ2) is 7.82. The lowest BCUT2D eigenvalue weighted by Gasteiger charge is -2.34. The number of nitrogens with zero attached hydrogens (tertiary/aromatic N) is 5. The highest BCUT2D eigenvalue weighted by Crippen LogP contribution is 2.39. The van der Waals surface area contributed by atoms with Crippen LogP contribution in [0.1, 0.15) is 44.1 Å². The second-order valence-electron chi connectivity index (χ2n) is 8.93. The average Bonchev–Trinajstić information content (AvgIpc) is 3.37. The molecule has 6 nitrogen and oxygen atoms in total. The Bertz CT molecular complexity index is 837. The van der Waals surface area contributed by atoms with Crippen molar-refractivity contribution in [2.45, 2.75) is 44.6 Å². The van der Waals surface area contributed by atoms with Gasteiger partial charge in [0.1, 0.15) is 5.82 Å². The molecular weight excluding hydrogens is 360 g/mol. The summed E-state index contributed by atoms with van der Waals surface area (Å²) in [6.07, 6.45) is 7.32. The van der Waals surface area contributed by atoms with E-state index in [9.17, 15) is 0 Å². The predicted molar refractivity (Wildman–Crippen MR) is 119 cm³/mol. The normalized spacial score (nSPS) is 22.9. The summed E-state index contributed by atoms with van der Waals surface area (Å²) in [7, 11) is 2.19. The minimum Gasteiger partial charge on any atom is -0.369 e. The maximum absolute atomic E-state index is 4.93. The van der Waals surface area contributed by atoms with Crippen LogP contribution in [-0.4, -0.2) is 60.7 Å². The van der Waals surface area contributed by atoms with Gasteiger partial charge in [-0.15, -0.1) is 0 Å². The Morgan fingerprint density at radius 2 is 1.72 bits per heavy atom. The second-order valence-corrected chi connectivity index (χ2v) is 8.93. The molecule has 29 heavy (non-hydrogen) atoms. The smallest absolute Gasteiger partial charge is 0.229 e. The largest absolute Gasteiger partial charge is 0.369 e. The summed E-state index contributed by atoms with van der Waals surface area (Å²) < 4.78 is 0. The molecule has 6 heteroatoms. The molecular formula is C23H32N6. The van der Waals surface area contributed by atoms with Gasteiger partial charge < -0.3 is 20.0 Å². The van der Waals surface area contributed by atoms with Gasteiger partial charge in [0.2, 0.25) is 5.95 Å². The number of hydrogen-bond donors (Lipinski definition) is 1. The minimum atomic E-state index is 0.516. The highest BCUT2D eigenvalue weighted by Gasteiger charge is 2.33.